The molecule has 0 amide bonds. The summed E-state index contributed by atoms with van der Waals surface area (Å²) in [6.07, 6.45) is 0.641. The van der Waals surface area contributed by atoms with Gasteiger partial charge in [0, 0.05) is 5.92 Å². The highest BCUT2D eigenvalue weighted by Crippen LogP contribution is 2.56. The maximum absolute atomic E-state index is 11.4. The van der Waals surface area contributed by atoms with Crippen molar-refractivity contribution >= 4 is 5.97 Å². The third-order valence-corrected chi connectivity index (χ3v) is 4.75. The monoisotopic (exact) mass is 228 g/mol. The molecule has 92 valence electrons. The molecule has 0 aliphatic heterocycles. The Morgan fingerprint density at radius 3 is 2.38 bits per heavy atom. The van der Waals surface area contributed by atoms with E-state index in [0.717, 1.165) is 6.42 Å². The minimum atomic E-state index is -1.01. The van der Waals surface area contributed by atoms with Crippen molar-refractivity contribution in [2.24, 2.45) is 16.7 Å². The summed E-state index contributed by atoms with van der Waals surface area (Å²) in [6, 6.07) is 0. The molecule has 3 N–H and O–H groups in total. The second-order valence-corrected chi connectivity index (χ2v) is 6.03. The van der Waals surface area contributed by atoms with Crippen LogP contribution >= 0.6 is 0 Å². The fourth-order valence-corrected chi connectivity index (χ4v) is 3.56. The summed E-state index contributed by atoms with van der Waals surface area (Å²) in [6.45, 7) is 4.00. The van der Waals surface area contributed by atoms with Gasteiger partial charge in [0.05, 0.1) is 17.6 Å². The van der Waals surface area contributed by atoms with Gasteiger partial charge in [-0.05, 0) is 31.1 Å². The van der Waals surface area contributed by atoms with Gasteiger partial charge < -0.3 is 15.3 Å². The first-order valence-electron chi connectivity index (χ1n) is 5.91. The Balaban J connectivity index is 2.39. The number of aliphatic hydroxyl groups excluding tert-OH is 2. The number of carboxylic acid groups (broad SMARTS) is 1. The van der Waals surface area contributed by atoms with E-state index in [0.29, 0.717) is 19.3 Å². The van der Waals surface area contributed by atoms with E-state index < -0.39 is 23.6 Å². The molecule has 2 bridgehead atoms. The van der Waals surface area contributed by atoms with Crippen molar-refractivity contribution < 1.29 is 20.1 Å². The fourth-order valence-electron chi connectivity index (χ4n) is 3.56. The number of aliphatic carboxylic acids is 1. The van der Waals surface area contributed by atoms with Crippen molar-refractivity contribution in [3.05, 3.63) is 0 Å². The molecule has 0 saturated heterocycles. The number of hydrogen-bond acceptors (Lipinski definition) is 3. The quantitative estimate of drug-likeness (QED) is 0.626. The van der Waals surface area contributed by atoms with Crippen LogP contribution in [0.5, 0.6) is 0 Å². The molecule has 0 heterocycles. The predicted octanol–water partition coefficient (Wildman–Crippen LogP) is 1.01. The molecule has 1 unspecified atom stereocenters. The largest absolute Gasteiger partial charge is 0.481 e. The Labute approximate surface area is 95.3 Å². The summed E-state index contributed by atoms with van der Waals surface area (Å²) in [5.74, 6) is -1.22. The van der Waals surface area contributed by atoms with Gasteiger partial charge in [0.2, 0.25) is 0 Å². The highest BCUT2D eigenvalue weighted by molar-refractivity contribution is 5.76. The van der Waals surface area contributed by atoms with Crippen LogP contribution in [0.3, 0.4) is 0 Å². The highest BCUT2D eigenvalue weighted by Gasteiger charge is 2.60. The Bertz CT molecular complexity index is 312. The zero-order valence-corrected chi connectivity index (χ0v) is 9.81. The Kier molecular flexibility index (Phi) is 2.55. The molecule has 4 heteroatoms. The van der Waals surface area contributed by atoms with Crippen LogP contribution in [0.15, 0.2) is 0 Å². The maximum atomic E-state index is 11.4. The molecule has 2 aliphatic rings. The number of aliphatic hydroxyl groups is 2. The maximum Gasteiger partial charge on any atom is 0.312 e. The van der Waals surface area contributed by atoms with Crippen LogP contribution in [0.4, 0.5) is 0 Å². The van der Waals surface area contributed by atoms with E-state index >= 15 is 0 Å². The molecular formula is C12H20O4. The molecule has 2 saturated carbocycles. The van der Waals surface area contributed by atoms with Gasteiger partial charge in [-0.1, -0.05) is 13.8 Å². The van der Waals surface area contributed by atoms with E-state index in [2.05, 4.69) is 0 Å². The Morgan fingerprint density at radius 2 is 1.81 bits per heavy atom. The standard InChI is InChI=1S/C12H20O4/c1-11(2)5-6-12(10(15)16)4-3-7(13)8(11)9(12)14/h7-9,13-14H,3-6H2,1-2H3,(H,15,16)/t7-,8+,9?,12-/m1/s1. The number of rotatable bonds is 1. The van der Waals surface area contributed by atoms with Crippen LogP contribution in [0.1, 0.15) is 39.5 Å². The average molecular weight is 228 g/mol. The summed E-state index contributed by atoms with van der Waals surface area (Å²) >= 11 is 0. The van der Waals surface area contributed by atoms with Crippen LogP contribution in [-0.4, -0.2) is 33.5 Å². The molecule has 2 fully saturated rings. The molecule has 0 radical (unpaired) electrons. The van der Waals surface area contributed by atoms with Gasteiger partial charge in [-0.25, -0.2) is 0 Å². The zero-order chi connectivity index (χ0) is 12.1. The van der Waals surface area contributed by atoms with Gasteiger partial charge in [0.1, 0.15) is 0 Å². The van der Waals surface area contributed by atoms with Crippen LogP contribution in [-0.2, 0) is 4.79 Å². The number of fused-ring (bicyclic) bond motifs is 2. The van der Waals surface area contributed by atoms with Gasteiger partial charge in [-0.2, -0.15) is 0 Å². The van der Waals surface area contributed by atoms with E-state index in [1.165, 1.54) is 0 Å². The summed E-state index contributed by atoms with van der Waals surface area (Å²) in [7, 11) is 0. The molecule has 4 nitrogen and oxygen atoms in total. The molecular weight excluding hydrogens is 208 g/mol. The minimum absolute atomic E-state index is 0.182. The van der Waals surface area contributed by atoms with E-state index in [-0.39, 0.29) is 11.3 Å². The first-order chi connectivity index (χ1) is 7.31. The lowest BCUT2D eigenvalue weighted by Gasteiger charge is -2.55. The van der Waals surface area contributed by atoms with E-state index in [4.69, 9.17) is 0 Å². The minimum Gasteiger partial charge on any atom is -0.481 e. The zero-order valence-electron chi connectivity index (χ0n) is 9.81. The van der Waals surface area contributed by atoms with Crippen LogP contribution < -0.4 is 0 Å². The topological polar surface area (TPSA) is 77.8 Å². The normalized spacial score (nSPS) is 46.4. The smallest absolute Gasteiger partial charge is 0.312 e. The first-order valence-corrected chi connectivity index (χ1v) is 5.91. The van der Waals surface area contributed by atoms with Crippen molar-refractivity contribution in [3.63, 3.8) is 0 Å². The first kappa shape index (κ1) is 11.9. The molecule has 2 rings (SSSR count). The fraction of sp³-hybridized carbons (Fsp3) is 0.917. The third-order valence-electron chi connectivity index (χ3n) is 4.75. The van der Waals surface area contributed by atoms with Gasteiger partial charge in [-0.3, -0.25) is 4.79 Å². The Hall–Kier alpha value is -0.610. The van der Waals surface area contributed by atoms with Crippen molar-refractivity contribution in [1.29, 1.82) is 0 Å². The second kappa shape index (κ2) is 3.44. The summed E-state index contributed by atoms with van der Waals surface area (Å²) < 4.78 is 0. The molecule has 0 aromatic carbocycles. The van der Waals surface area contributed by atoms with Crippen molar-refractivity contribution in [3.8, 4) is 0 Å². The molecule has 4 atom stereocenters. The van der Waals surface area contributed by atoms with Gasteiger partial charge in [-0.15, -0.1) is 0 Å². The van der Waals surface area contributed by atoms with Crippen molar-refractivity contribution in [2.75, 3.05) is 0 Å². The number of carboxylic acids is 1. The Morgan fingerprint density at radius 1 is 1.19 bits per heavy atom. The van der Waals surface area contributed by atoms with Gasteiger partial charge in [0.15, 0.2) is 0 Å². The summed E-state index contributed by atoms with van der Waals surface area (Å²) in [5.41, 5.74) is -1.20. The van der Waals surface area contributed by atoms with Gasteiger partial charge in [0.25, 0.3) is 0 Å². The highest BCUT2D eigenvalue weighted by atomic mass is 16.4. The SMILES string of the molecule is CC1(C)CC[C@]2(C(=O)O)CC[C@@H](O)[C@H]1C2O. The lowest BCUT2D eigenvalue weighted by molar-refractivity contribution is -0.200. The van der Waals surface area contributed by atoms with Crippen molar-refractivity contribution in [1.82, 2.24) is 0 Å². The van der Waals surface area contributed by atoms with E-state index in [9.17, 15) is 20.1 Å². The van der Waals surface area contributed by atoms with Gasteiger partial charge >= 0.3 is 5.97 Å². The predicted molar refractivity (Wildman–Crippen MR) is 57.8 cm³/mol. The molecule has 2 aliphatic carbocycles. The van der Waals surface area contributed by atoms with E-state index in [1.807, 2.05) is 13.8 Å². The molecule has 0 aromatic heterocycles. The molecule has 0 aromatic rings. The lowest BCUT2D eigenvalue weighted by atomic mass is 9.51. The van der Waals surface area contributed by atoms with Crippen LogP contribution in [0.25, 0.3) is 0 Å². The van der Waals surface area contributed by atoms with Crippen LogP contribution in [0.2, 0.25) is 0 Å². The van der Waals surface area contributed by atoms with E-state index in [1.54, 1.807) is 0 Å². The number of hydrogen-bond donors (Lipinski definition) is 3. The lowest BCUT2D eigenvalue weighted by Crippen LogP contribution is -2.61. The number of carbonyl (C=O) groups is 1. The van der Waals surface area contributed by atoms with Crippen molar-refractivity contribution in [2.45, 2.75) is 51.7 Å². The average Bonchev–Trinajstić information content (AvgIpc) is 2.14. The van der Waals surface area contributed by atoms with Crippen LogP contribution in [0, 0.1) is 16.7 Å². The third kappa shape index (κ3) is 1.39. The summed E-state index contributed by atoms with van der Waals surface area (Å²) in [4.78, 5) is 11.4. The molecule has 0 spiro atoms. The summed E-state index contributed by atoms with van der Waals surface area (Å²) in [5, 5.41) is 29.6. The second-order valence-electron chi connectivity index (χ2n) is 6.03. The molecule has 16 heavy (non-hydrogen) atoms.